The Bertz CT molecular complexity index is 867. The van der Waals surface area contributed by atoms with Crippen molar-refractivity contribution in [3.63, 3.8) is 0 Å². The highest BCUT2D eigenvalue weighted by molar-refractivity contribution is 7.89. The average molecular weight is 385 g/mol. The molecule has 26 heavy (non-hydrogen) atoms. The molecule has 1 fully saturated rings. The van der Waals surface area contributed by atoms with Crippen LogP contribution in [0.5, 0.6) is 0 Å². The lowest BCUT2D eigenvalue weighted by Gasteiger charge is -2.16. The largest absolute Gasteiger partial charge is 0.417 e. The van der Waals surface area contributed by atoms with Gasteiger partial charge in [-0.15, -0.1) is 0 Å². The number of aromatic nitrogens is 1. The molecule has 5 nitrogen and oxygen atoms in total. The first kappa shape index (κ1) is 18.7. The number of sulfonamides is 1. The van der Waals surface area contributed by atoms with Crippen molar-refractivity contribution >= 4 is 15.7 Å². The molecule has 0 unspecified atom stereocenters. The zero-order valence-electron chi connectivity index (χ0n) is 13.8. The number of alkyl halides is 3. The van der Waals surface area contributed by atoms with Crippen molar-refractivity contribution in [2.45, 2.75) is 30.5 Å². The molecule has 0 bridgehead atoms. The second-order valence-corrected chi connectivity index (χ2v) is 7.91. The lowest BCUT2D eigenvalue weighted by molar-refractivity contribution is -0.139. The fourth-order valence-electron chi connectivity index (χ4n) is 2.42. The van der Waals surface area contributed by atoms with Crippen molar-refractivity contribution in [3.8, 4) is 0 Å². The Balaban J connectivity index is 1.83. The number of nitrogens with zero attached hydrogens (tertiary/aromatic N) is 1. The Morgan fingerprint density at radius 1 is 1.15 bits per heavy atom. The summed E-state index contributed by atoms with van der Waals surface area (Å²) in [6.45, 7) is 0.392. The predicted octanol–water partition coefficient (Wildman–Crippen LogP) is 3.40. The Morgan fingerprint density at radius 2 is 1.92 bits per heavy atom. The molecule has 0 saturated heterocycles. The highest BCUT2D eigenvalue weighted by atomic mass is 32.2. The third-order valence-electron chi connectivity index (χ3n) is 4.03. The van der Waals surface area contributed by atoms with Gasteiger partial charge in [0.25, 0.3) is 0 Å². The minimum atomic E-state index is -4.79. The van der Waals surface area contributed by atoms with Gasteiger partial charge in [-0.1, -0.05) is 6.07 Å². The molecule has 0 radical (unpaired) electrons. The van der Waals surface area contributed by atoms with Gasteiger partial charge in [0.1, 0.15) is 0 Å². The van der Waals surface area contributed by atoms with Crippen molar-refractivity contribution in [2.24, 2.45) is 5.92 Å². The third-order valence-corrected chi connectivity index (χ3v) is 5.51. The van der Waals surface area contributed by atoms with Crippen molar-refractivity contribution in [2.75, 3.05) is 11.9 Å². The van der Waals surface area contributed by atoms with Crippen molar-refractivity contribution in [1.29, 1.82) is 0 Å². The van der Waals surface area contributed by atoms with E-state index >= 15 is 0 Å². The number of rotatable bonds is 7. The van der Waals surface area contributed by atoms with E-state index in [0.29, 0.717) is 5.69 Å². The van der Waals surface area contributed by atoms with E-state index in [0.717, 1.165) is 25.0 Å². The van der Waals surface area contributed by atoms with Crippen LogP contribution in [-0.2, 0) is 22.7 Å². The van der Waals surface area contributed by atoms with Gasteiger partial charge in [0.05, 0.1) is 22.7 Å². The van der Waals surface area contributed by atoms with Crippen molar-refractivity contribution in [1.82, 2.24) is 9.71 Å². The standard InChI is InChI=1S/C17H18F3N3O2S/c18-17(19,20)15-9-13(22-11-14-3-1-2-8-21-14)6-7-16(15)26(24,25)23-10-12-4-5-12/h1-3,6-9,12,22-23H,4-5,10-11H2. The van der Waals surface area contributed by atoms with Gasteiger partial charge in [0.2, 0.25) is 10.0 Å². The summed E-state index contributed by atoms with van der Waals surface area (Å²) in [5.74, 6) is 0.221. The van der Waals surface area contributed by atoms with Gasteiger partial charge < -0.3 is 5.32 Å². The molecule has 2 aromatic rings. The maximum atomic E-state index is 13.4. The van der Waals surface area contributed by atoms with Crippen molar-refractivity contribution < 1.29 is 21.6 Å². The molecule has 1 aliphatic carbocycles. The molecule has 1 aliphatic rings. The Kier molecular flexibility index (Phi) is 5.19. The molecule has 1 heterocycles. The topological polar surface area (TPSA) is 71.1 Å². The van der Waals surface area contributed by atoms with Crippen LogP contribution in [0.2, 0.25) is 0 Å². The maximum absolute atomic E-state index is 13.4. The van der Waals surface area contributed by atoms with Gasteiger partial charge in [-0.05, 0) is 49.1 Å². The third kappa shape index (κ3) is 4.73. The smallest absolute Gasteiger partial charge is 0.379 e. The second kappa shape index (κ2) is 7.24. The first-order chi connectivity index (χ1) is 12.3. The molecule has 1 saturated carbocycles. The Labute approximate surface area is 149 Å². The van der Waals surface area contributed by atoms with Crippen LogP contribution < -0.4 is 10.0 Å². The molecule has 1 aromatic heterocycles. The van der Waals surface area contributed by atoms with Crippen LogP contribution in [0.15, 0.2) is 47.5 Å². The molecule has 1 aromatic carbocycles. The molecule has 0 amide bonds. The molecular formula is C17H18F3N3O2S. The van der Waals surface area contributed by atoms with Gasteiger partial charge in [0, 0.05) is 18.4 Å². The predicted molar refractivity (Wildman–Crippen MR) is 90.9 cm³/mol. The lowest BCUT2D eigenvalue weighted by atomic mass is 10.2. The zero-order chi connectivity index (χ0) is 18.8. The summed E-state index contributed by atoms with van der Waals surface area (Å²) in [5, 5.41) is 2.83. The number of anilines is 1. The second-order valence-electron chi connectivity index (χ2n) is 6.18. The molecule has 3 rings (SSSR count). The number of hydrogen-bond acceptors (Lipinski definition) is 4. The summed E-state index contributed by atoms with van der Waals surface area (Å²) in [6, 6.07) is 8.36. The average Bonchev–Trinajstić information content (AvgIpc) is 3.43. The van der Waals surface area contributed by atoms with E-state index in [1.54, 1.807) is 24.4 Å². The summed E-state index contributed by atoms with van der Waals surface area (Å²) in [6.07, 6.45) is -1.41. The molecule has 0 atom stereocenters. The van der Waals surface area contributed by atoms with Gasteiger partial charge in [0.15, 0.2) is 0 Å². The van der Waals surface area contributed by atoms with Gasteiger partial charge >= 0.3 is 6.18 Å². The van der Waals surface area contributed by atoms with Gasteiger partial charge in [-0.2, -0.15) is 13.2 Å². The maximum Gasteiger partial charge on any atom is 0.417 e. The van der Waals surface area contributed by atoms with E-state index in [4.69, 9.17) is 0 Å². The minimum Gasteiger partial charge on any atom is -0.379 e. The monoisotopic (exact) mass is 385 g/mol. The first-order valence-electron chi connectivity index (χ1n) is 8.10. The summed E-state index contributed by atoms with van der Waals surface area (Å²) in [5.41, 5.74) is -0.361. The van der Waals surface area contributed by atoms with E-state index in [1.165, 1.54) is 6.07 Å². The van der Waals surface area contributed by atoms with Crippen LogP contribution in [0, 0.1) is 5.92 Å². The molecular weight excluding hydrogens is 367 g/mol. The Morgan fingerprint density at radius 3 is 2.54 bits per heavy atom. The van der Waals surface area contributed by atoms with Gasteiger partial charge in [-0.25, -0.2) is 13.1 Å². The molecule has 0 spiro atoms. The lowest BCUT2D eigenvalue weighted by Crippen LogP contribution is -2.28. The number of nitrogens with one attached hydrogen (secondary N) is 2. The Hall–Kier alpha value is -2.13. The molecule has 0 aliphatic heterocycles. The van der Waals surface area contributed by atoms with Crippen LogP contribution >= 0.6 is 0 Å². The zero-order valence-corrected chi connectivity index (χ0v) is 14.6. The van der Waals surface area contributed by atoms with Crippen LogP contribution in [0.25, 0.3) is 0 Å². The van der Waals surface area contributed by atoms with E-state index in [1.807, 2.05) is 0 Å². The summed E-state index contributed by atoms with van der Waals surface area (Å²) >= 11 is 0. The number of benzene rings is 1. The normalized spacial score (nSPS) is 15.0. The summed E-state index contributed by atoms with van der Waals surface area (Å²) in [7, 11) is -4.22. The van der Waals surface area contributed by atoms with Gasteiger partial charge in [-0.3, -0.25) is 4.98 Å². The van der Waals surface area contributed by atoms with E-state index in [9.17, 15) is 21.6 Å². The minimum absolute atomic E-state index is 0.166. The van der Waals surface area contributed by atoms with E-state index < -0.39 is 26.7 Å². The number of hydrogen-bond donors (Lipinski definition) is 2. The number of halogens is 3. The molecule has 9 heteroatoms. The summed E-state index contributed by atoms with van der Waals surface area (Å²) in [4.78, 5) is 3.32. The number of pyridine rings is 1. The molecule has 140 valence electrons. The van der Waals surface area contributed by atoms with Crippen molar-refractivity contribution in [3.05, 3.63) is 53.9 Å². The summed E-state index contributed by atoms with van der Waals surface area (Å²) < 4.78 is 67.0. The van der Waals surface area contributed by atoms with Crippen LogP contribution in [0.3, 0.4) is 0 Å². The molecule has 2 N–H and O–H groups in total. The van der Waals surface area contributed by atoms with Crippen LogP contribution in [-0.4, -0.2) is 19.9 Å². The fraction of sp³-hybridized carbons (Fsp3) is 0.353. The van der Waals surface area contributed by atoms with E-state index in [2.05, 4.69) is 15.0 Å². The first-order valence-corrected chi connectivity index (χ1v) is 9.59. The van der Waals surface area contributed by atoms with Crippen LogP contribution in [0.1, 0.15) is 24.1 Å². The highest BCUT2D eigenvalue weighted by Gasteiger charge is 2.38. The van der Waals surface area contributed by atoms with Crippen LogP contribution in [0.4, 0.5) is 18.9 Å². The SMILES string of the molecule is O=S(=O)(NCC1CC1)c1ccc(NCc2ccccn2)cc1C(F)(F)F. The highest BCUT2D eigenvalue weighted by Crippen LogP contribution is 2.36. The fourth-order valence-corrected chi connectivity index (χ4v) is 3.74. The quantitative estimate of drug-likeness (QED) is 0.766. The van der Waals surface area contributed by atoms with E-state index in [-0.39, 0.29) is 24.7 Å².